The number of thiophene rings is 1. The van der Waals surface area contributed by atoms with Gasteiger partial charge in [0.1, 0.15) is 5.69 Å². The number of hydrogen-bond donors (Lipinski definition) is 0. The van der Waals surface area contributed by atoms with Crippen molar-refractivity contribution in [3.8, 4) is 11.5 Å². The van der Waals surface area contributed by atoms with Crippen LogP contribution in [0.5, 0.6) is 0 Å². The van der Waals surface area contributed by atoms with Crippen molar-refractivity contribution in [2.45, 2.75) is 25.3 Å². The first kappa shape index (κ1) is 17.8. The SMILES string of the molecule is Clc1c(CN2CCC(c3nc(-c4ccccn4)no3)CC2)sc2ccccc12. The third-order valence-electron chi connectivity index (χ3n) is 5.24. The highest BCUT2D eigenvalue weighted by atomic mass is 35.5. The van der Waals surface area contributed by atoms with Crippen molar-refractivity contribution in [3.05, 3.63) is 64.5 Å². The minimum absolute atomic E-state index is 0.305. The Balaban J connectivity index is 1.24. The Morgan fingerprint density at radius 2 is 1.93 bits per heavy atom. The van der Waals surface area contributed by atoms with Crippen LogP contribution in [0.25, 0.3) is 21.6 Å². The van der Waals surface area contributed by atoms with Gasteiger partial charge in [-0.3, -0.25) is 9.88 Å². The Bertz CT molecular complexity index is 1090. The zero-order chi connectivity index (χ0) is 18.9. The fourth-order valence-electron chi connectivity index (χ4n) is 3.71. The predicted molar refractivity (Wildman–Crippen MR) is 112 cm³/mol. The second-order valence-electron chi connectivity index (χ2n) is 7.06. The maximum atomic E-state index is 6.61. The summed E-state index contributed by atoms with van der Waals surface area (Å²) < 4.78 is 6.79. The van der Waals surface area contributed by atoms with E-state index in [1.54, 1.807) is 17.5 Å². The molecule has 5 nitrogen and oxygen atoms in total. The number of pyridine rings is 1. The first-order chi connectivity index (χ1) is 13.8. The van der Waals surface area contributed by atoms with Crippen LogP contribution >= 0.6 is 22.9 Å². The van der Waals surface area contributed by atoms with Gasteiger partial charge in [0.15, 0.2) is 0 Å². The van der Waals surface area contributed by atoms with Gasteiger partial charge in [-0.25, -0.2) is 0 Å². The molecular weight excluding hydrogens is 392 g/mol. The molecular formula is C21H19ClN4OS. The van der Waals surface area contributed by atoms with Crippen molar-refractivity contribution >= 4 is 33.0 Å². The molecule has 1 aliphatic rings. The number of fused-ring (bicyclic) bond motifs is 1. The largest absolute Gasteiger partial charge is 0.339 e. The number of piperidine rings is 1. The lowest BCUT2D eigenvalue weighted by Gasteiger charge is -2.29. The molecule has 0 N–H and O–H groups in total. The van der Waals surface area contributed by atoms with Crippen LogP contribution in [0, 0.1) is 0 Å². The van der Waals surface area contributed by atoms with Gasteiger partial charge in [-0.15, -0.1) is 11.3 Å². The van der Waals surface area contributed by atoms with Gasteiger partial charge in [0.05, 0.1) is 5.02 Å². The average molecular weight is 411 g/mol. The Morgan fingerprint density at radius 3 is 2.71 bits per heavy atom. The molecule has 4 aromatic rings. The molecule has 0 amide bonds. The quantitative estimate of drug-likeness (QED) is 0.452. The summed E-state index contributed by atoms with van der Waals surface area (Å²) in [5.74, 6) is 1.59. The molecule has 4 heterocycles. The Kier molecular flexibility index (Phi) is 4.84. The maximum Gasteiger partial charge on any atom is 0.230 e. The molecule has 0 atom stereocenters. The van der Waals surface area contributed by atoms with Crippen LogP contribution in [-0.2, 0) is 6.54 Å². The first-order valence-corrected chi connectivity index (χ1v) is 10.6. The van der Waals surface area contributed by atoms with Crippen molar-refractivity contribution in [2.24, 2.45) is 0 Å². The highest BCUT2D eigenvalue weighted by Gasteiger charge is 2.26. The van der Waals surface area contributed by atoms with E-state index in [4.69, 9.17) is 16.1 Å². The van der Waals surface area contributed by atoms with E-state index in [2.05, 4.69) is 38.2 Å². The molecule has 0 aliphatic carbocycles. The van der Waals surface area contributed by atoms with Crippen LogP contribution in [0.1, 0.15) is 29.5 Å². The van der Waals surface area contributed by atoms with Gasteiger partial charge in [0.2, 0.25) is 11.7 Å². The zero-order valence-electron chi connectivity index (χ0n) is 15.2. The number of aromatic nitrogens is 3. The number of halogens is 1. The van der Waals surface area contributed by atoms with E-state index in [1.807, 2.05) is 24.3 Å². The van der Waals surface area contributed by atoms with E-state index < -0.39 is 0 Å². The Labute approximate surface area is 172 Å². The van der Waals surface area contributed by atoms with Crippen LogP contribution in [0.4, 0.5) is 0 Å². The number of nitrogens with zero attached hydrogens (tertiary/aromatic N) is 4. The monoisotopic (exact) mass is 410 g/mol. The lowest BCUT2D eigenvalue weighted by molar-refractivity contribution is 0.189. The third kappa shape index (κ3) is 3.43. The van der Waals surface area contributed by atoms with E-state index in [1.165, 1.54) is 9.58 Å². The number of benzene rings is 1. The smallest absolute Gasteiger partial charge is 0.230 e. The summed E-state index contributed by atoms with van der Waals surface area (Å²) in [5.41, 5.74) is 0.745. The van der Waals surface area contributed by atoms with Crippen LogP contribution in [0.2, 0.25) is 5.02 Å². The van der Waals surface area contributed by atoms with Gasteiger partial charge in [-0.1, -0.05) is 41.0 Å². The molecule has 1 fully saturated rings. The molecule has 7 heteroatoms. The molecule has 0 bridgehead atoms. The van der Waals surface area contributed by atoms with Gasteiger partial charge in [0, 0.05) is 33.6 Å². The standard InChI is InChI=1S/C21H19ClN4OS/c22-19-15-5-1-2-7-17(15)28-18(19)13-26-11-8-14(9-12-26)21-24-20(25-27-21)16-6-3-4-10-23-16/h1-7,10,14H,8-9,11-13H2. The summed E-state index contributed by atoms with van der Waals surface area (Å²) in [6.07, 6.45) is 3.75. The fourth-order valence-corrected chi connectivity index (χ4v) is 5.24. The van der Waals surface area contributed by atoms with Crippen LogP contribution in [0.15, 0.2) is 53.2 Å². The van der Waals surface area contributed by atoms with Gasteiger partial charge >= 0.3 is 0 Å². The van der Waals surface area contributed by atoms with Crippen molar-refractivity contribution in [3.63, 3.8) is 0 Å². The lowest BCUT2D eigenvalue weighted by Crippen LogP contribution is -2.32. The summed E-state index contributed by atoms with van der Waals surface area (Å²) in [5, 5.41) is 6.17. The molecule has 1 aliphatic heterocycles. The summed E-state index contributed by atoms with van der Waals surface area (Å²) in [4.78, 5) is 12.6. The van der Waals surface area contributed by atoms with Gasteiger partial charge in [0.25, 0.3) is 0 Å². The van der Waals surface area contributed by atoms with E-state index in [-0.39, 0.29) is 0 Å². The predicted octanol–water partition coefficient (Wildman–Crippen LogP) is 5.38. The maximum absolute atomic E-state index is 6.61. The number of hydrogen-bond acceptors (Lipinski definition) is 6. The van der Waals surface area contributed by atoms with Gasteiger partial charge < -0.3 is 4.52 Å². The van der Waals surface area contributed by atoms with Gasteiger partial charge in [-0.05, 0) is 44.1 Å². The van der Waals surface area contributed by atoms with Crippen LogP contribution in [0.3, 0.4) is 0 Å². The van der Waals surface area contributed by atoms with Crippen LogP contribution < -0.4 is 0 Å². The molecule has 0 saturated carbocycles. The normalized spacial score (nSPS) is 16.0. The molecule has 0 unspecified atom stereocenters. The van der Waals surface area contributed by atoms with Gasteiger partial charge in [-0.2, -0.15) is 4.98 Å². The highest BCUT2D eigenvalue weighted by Crippen LogP contribution is 2.37. The zero-order valence-corrected chi connectivity index (χ0v) is 16.8. The van der Waals surface area contributed by atoms with Crippen molar-refractivity contribution in [1.29, 1.82) is 0 Å². The molecule has 142 valence electrons. The molecule has 1 saturated heterocycles. The topological polar surface area (TPSA) is 55.1 Å². The highest BCUT2D eigenvalue weighted by molar-refractivity contribution is 7.19. The summed E-state index contributed by atoms with van der Waals surface area (Å²) >= 11 is 8.40. The Hall–Kier alpha value is -2.28. The minimum Gasteiger partial charge on any atom is -0.339 e. The minimum atomic E-state index is 0.305. The number of likely N-dealkylation sites (tertiary alicyclic amines) is 1. The van der Waals surface area contributed by atoms with Crippen LogP contribution in [-0.4, -0.2) is 33.1 Å². The van der Waals surface area contributed by atoms with Crippen molar-refractivity contribution in [1.82, 2.24) is 20.0 Å². The van der Waals surface area contributed by atoms with E-state index in [0.717, 1.165) is 54.5 Å². The average Bonchev–Trinajstić information content (AvgIpc) is 3.35. The molecule has 0 radical (unpaired) electrons. The molecule has 0 spiro atoms. The van der Waals surface area contributed by atoms with E-state index in [9.17, 15) is 0 Å². The third-order valence-corrected chi connectivity index (χ3v) is 6.94. The second kappa shape index (κ2) is 7.62. The molecule has 28 heavy (non-hydrogen) atoms. The summed E-state index contributed by atoms with van der Waals surface area (Å²) in [6.45, 7) is 2.89. The molecule has 3 aromatic heterocycles. The summed E-state index contributed by atoms with van der Waals surface area (Å²) in [7, 11) is 0. The molecule has 5 rings (SSSR count). The first-order valence-electron chi connectivity index (χ1n) is 9.41. The summed E-state index contributed by atoms with van der Waals surface area (Å²) in [6, 6.07) is 14.0. The van der Waals surface area contributed by atoms with Crippen molar-refractivity contribution in [2.75, 3.05) is 13.1 Å². The number of rotatable bonds is 4. The van der Waals surface area contributed by atoms with Crippen molar-refractivity contribution < 1.29 is 4.52 Å². The second-order valence-corrected chi connectivity index (χ2v) is 8.57. The molecule has 1 aromatic carbocycles. The fraction of sp³-hybridized carbons (Fsp3) is 0.286. The Morgan fingerprint density at radius 1 is 1.11 bits per heavy atom. The lowest BCUT2D eigenvalue weighted by atomic mass is 9.97. The van der Waals surface area contributed by atoms with E-state index >= 15 is 0 Å². The van der Waals surface area contributed by atoms with E-state index in [0.29, 0.717) is 11.7 Å².